The van der Waals surface area contributed by atoms with Crippen LogP contribution in [0.5, 0.6) is 0 Å². The van der Waals surface area contributed by atoms with Crippen LogP contribution in [-0.4, -0.2) is 19.9 Å². The maximum Gasteiger partial charge on any atom is 0.0269 e. The van der Waals surface area contributed by atoms with Gasteiger partial charge in [0, 0.05) is 5.48 Å². The largest absolute Gasteiger partial charge is 0.299 e. The van der Waals surface area contributed by atoms with E-state index in [0.717, 1.165) is 6.16 Å². The predicted molar refractivity (Wildman–Crippen MR) is 48.7 cm³/mol. The van der Waals surface area contributed by atoms with E-state index in [9.17, 15) is 0 Å². The van der Waals surface area contributed by atoms with Gasteiger partial charge in [0.15, 0.2) is 0 Å². The Hall–Kier alpha value is 0.390. The fraction of sp³-hybridized carbons (Fsp3) is 1.00. The average molecular weight is 163 g/mol. The Balaban J connectivity index is 2.60. The predicted octanol–water partition coefficient (Wildman–Crippen LogP) is 2.42. The third kappa shape index (κ3) is 2.56. The SMILES string of the molecule is [2H]C1C([2H])C([2H])C(CP(C)NC)C1[2H]. The lowest BCUT2D eigenvalue weighted by Gasteiger charge is -2.14. The van der Waals surface area contributed by atoms with E-state index >= 15 is 0 Å². The molecular weight excluding hydrogens is 141 g/mol. The lowest BCUT2D eigenvalue weighted by Crippen LogP contribution is -2.06. The summed E-state index contributed by atoms with van der Waals surface area (Å²) in [7, 11) is 1.55. The van der Waals surface area contributed by atoms with Gasteiger partial charge in [0.25, 0.3) is 0 Å². The first kappa shape index (κ1) is 4.42. The van der Waals surface area contributed by atoms with Crippen LogP contribution in [0.1, 0.15) is 31.1 Å². The molecule has 0 spiro atoms. The van der Waals surface area contributed by atoms with Crippen LogP contribution in [0.15, 0.2) is 0 Å². The molecule has 0 aromatic heterocycles. The number of nitrogens with one attached hydrogen (secondary N) is 1. The summed E-state index contributed by atoms with van der Waals surface area (Å²) < 4.78 is 30.8. The molecule has 0 aromatic rings. The Morgan fingerprint density at radius 2 is 2.20 bits per heavy atom. The lowest BCUT2D eigenvalue weighted by atomic mass is 10.1. The Bertz CT molecular complexity index is 180. The van der Waals surface area contributed by atoms with Crippen molar-refractivity contribution in [1.29, 1.82) is 0 Å². The van der Waals surface area contributed by atoms with Crippen LogP contribution in [0, 0.1) is 5.92 Å². The van der Waals surface area contributed by atoms with Crippen molar-refractivity contribution < 1.29 is 5.48 Å². The van der Waals surface area contributed by atoms with E-state index in [4.69, 9.17) is 5.48 Å². The second-order valence-electron chi connectivity index (χ2n) is 2.54. The van der Waals surface area contributed by atoms with Crippen LogP contribution in [0.25, 0.3) is 0 Å². The molecule has 0 heterocycles. The molecule has 1 aliphatic carbocycles. The highest BCUT2D eigenvalue weighted by Crippen LogP contribution is 2.35. The van der Waals surface area contributed by atoms with E-state index in [2.05, 4.69) is 11.8 Å². The van der Waals surface area contributed by atoms with Crippen molar-refractivity contribution in [2.75, 3.05) is 19.9 Å². The van der Waals surface area contributed by atoms with Crippen LogP contribution >= 0.6 is 8.07 Å². The van der Waals surface area contributed by atoms with Crippen molar-refractivity contribution in [1.82, 2.24) is 5.09 Å². The topological polar surface area (TPSA) is 12.0 Å². The summed E-state index contributed by atoms with van der Waals surface area (Å²) in [4.78, 5) is 0. The summed E-state index contributed by atoms with van der Waals surface area (Å²) >= 11 is 0. The smallest absolute Gasteiger partial charge is 0.0269 e. The highest BCUT2D eigenvalue weighted by molar-refractivity contribution is 7.54. The van der Waals surface area contributed by atoms with Crippen LogP contribution in [0.3, 0.4) is 0 Å². The standard InChI is InChI=1S/C8H18NP/c1-9-10(2)7-8-5-3-4-6-8/h8-9H,3-7H2,1-2H3/i3D,4D,5D,6D. The molecule has 60 valence electrons. The van der Waals surface area contributed by atoms with Crippen LogP contribution in [-0.2, 0) is 0 Å². The summed E-state index contributed by atoms with van der Waals surface area (Å²) in [5.74, 6) is -0.0939. The van der Waals surface area contributed by atoms with E-state index in [1.165, 1.54) is 0 Å². The first-order chi connectivity index (χ1) is 6.49. The van der Waals surface area contributed by atoms with Gasteiger partial charge in [0.05, 0.1) is 0 Å². The van der Waals surface area contributed by atoms with Crippen molar-refractivity contribution in [3.63, 3.8) is 0 Å². The monoisotopic (exact) mass is 163 g/mol. The molecule has 1 aliphatic rings. The fourth-order valence-electron chi connectivity index (χ4n) is 1.01. The zero-order valence-electron chi connectivity index (χ0n) is 10.5. The highest BCUT2D eigenvalue weighted by atomic mass is 31.1. The molecule has 0 aliphatic heterocycles. The normalized spacial score (nSPS) is 64.0. The van der Waals surface area contributed by atoms with Gasteiger partial charge in [-0.2, -0.15) is 0 Å². The van der Waals surface area contributed by atoms with Gasteiger partial charge < -0.3 is 0 Å². The molecule has 1 saturated carbocycles. The minimum absolute atomic E-state index is 0.0939. The molecule has 10 heavy (non-hydrogen) atoms. The molecular formula is C8H18NP. The molecule has 1 fully saturated rings. The van der Waals surface area contributed by atoms with Gasteiger partial charge in [0.1, 0.15) is 0 Å². The highest BCUT2D eigenvalue weighted by Gasteiger charge is 2.16. The fourth-order valence-corrected chi connectivity index (χ4v) is 2.07. The molecule has 2 heteroatoms. The minimum Gasteiger partial charge on any atom is -0.299 e. The quantitative estimate of drug-likeness (QED) is 0.630. The Morgan fingerprint density at radius 3 is 2.70 bits per heavy atom. The molecule has 0 saturated heterocycles. The summed E-state index contributed by atoms with van der Waals surface area (Å²) in [6.07, 6.45) is -1.68. The van der Waals surface area contributed by atoms with Gasteiger partial charge in [-0.1, -0.05) is 25.6 Å². The Kier molecular flexibility index (Phi) is 1.90. The van der Waals surface area contributed by atoms with Crippen molar-refractivity contribution >= 4 is 8.07 Å². The number of hydrogen-bond acceptors (Lipinski definition) is 1. The first-order valence-corrected chi connectivity index (χ1v) is 5.54. The van der Waals surface area contributed by atoms with Gasteiger partial charge in [-0.15, -0.1) is 0 Å². The number of hydrogen-bond donors (Lipinski definition) is 1. The second kappa shape index (κ2) is 4.31. The molecule has 0 amide bonds. The number of rotatable bonds is 3. The van der Waals surface area contributed by atoms with Gasteiger partial charge >= 0.3 is 0 Å². The molecule has 0 bridgehead atoms. The zero-order chi connectivity index (χ0) is 10.9. The van der Waals surface area contributed by atoms with Gasteiger partial charge in [0.2, 0.25) is 0 Å². The molecule has 1 nitrogen and oxygen atoms in total. The molecule has 0 radical (unpaired) electrons. The van der Waals surface area contributed by atoms with E-state index in [-0.39, 0.29) is 14.0 Å². The van der Waals surface area contributed by atoms with Crippen LogP contribution in [0.2, 0.25) is 0 Å². The minimum atomic E-state index is -0.692. The van der Waals surface area contributed by atoms with E-state index in [0.29, 0.717) is 0 Å². The molecule has 5 atom stereocenters. The molecule has 0 aromatic carbocycles. The first-order valence-electron chi connectivity index (χ1n) is 5.87. The summed E-state index contributed by atoms with van der Waals surface area (Å²) in [5, 5.41) is 3.14. The van der Waals surface area contributed by atoms with E-state index in [1.807, 2.05) is 7.05 Å². The van der Waals surface area contributed by atoms with Crippen molar-refractivity contribution in [3.05, 3.63) is 0 Å². The van der Waals surface area contributed by atoms with Gasteiger partial charge in [-0.3, -0.25) is 5.09 Å². The van der Waals surface area contributed by atoms with Crippen molar-refractivity contribution in [3.8, 4) is 0 Å². The van der Waals surface area contributed by atoms with Gasteiger partial charge in [-0.05, 0) is 33.9 Å². The maximum atomic E-state index is 7.78. The third-order valence-electron chi connectivity index (χ3n) is 1.69. The molecule has 1 rings (SSSR count). The van der Waals surface area contributed by atoms with Crippen LogP contribution < -0.4 is 5.09 Å². The Morgan fingerprint density at radius 1 is 1.60 bits per heavy atom. The Labute approximate surface area is 71.0 Å². The molecule has 1 N–H and O–H groups in total. The average Bonchev–Trinajstić information content (AvgIpc) is 2.35. The summed E-state index contributed by atoms with van der Waals surface area (Å²) in [6.45, 7) is 2.07. The van der Waals surface area contributed by atoms with Crippen molar-refractivity contribution in [2.45, 2.75) is 25.6 Å². The van der Waals surface area contributed by atoms with Gasteiger partial charge in [-0.25, -0.2) is 0 Å². The maximum absolute atomic E-state index is 7.78. The van der Waals surface area contributed by atoms with E-state index < -0.39 is 25.6 Å². The van der Waals surface area contributed by atoms with E-state index in [1.54, 1.807) is 0 Å². The lowest BCUT2D eigenvalue weighted by molar-refractivity contribution is 0.618. The second-order valence-corrected chi connectivity index (χ2v) is 4.75. The van der Waals surface area contributed by atoms with Crippen LogP contribution in [0.4, 0.5) is 0 Å². The summed E-state index contributed by atoms with van der Waals surface area (Å²) in [5.41, 5.74) is 0. The summed E-state index contributed by atoms with van der Waals surface area (Å²) in [6, 6.07) is 0. The van der Waals surface area contributed by atoms with Crippen molar-refractivity contribution in [2.24, 2.45) is 5.92 Å². The third-order valence-corrected chi connectivity index (χ3v) is 3.43. The molecule has 5 unspecified atom stereocenters. The zero-order valence-corrected chi connectivity index (χ0v) is 7.44.